The molecule has 22 heavy (non-hydrogen) atoms. The molecule has 3 unspecified atom stereocenters. The highest BCUT2D eigenvalue weighted by Crippen LogP contribution is 2.40. The average molecular weight is 312 g/mol. The van der Waals surface area contributed by atoms with E-state index in [-0.39, 0.29) is 11.7 Å². The van der Waals surface area contributed by atoms with Gasteiger partial charge in [-0.2, -0.15) is 0 Å². The van der Waals surface area contributed by atoms with E-state index in [2.05, 4.69) is 0 Å². The first-order valence-electron chi connectivity index (χ1n) is 6.76. The first-order valence-corrected chi connectivity index (χ1v) is 6.76. The Morgan fingerprint density at radius 2 is 1.73 bits per heavy atom. The molecule has 1 aliphatic heterocycles. The normalized spacial score (nSPS) is 24.3. The van der Waals surface area contributed by atoms with Gasteiger partial charge in [0, 0.05) is 6.08 Å². The van der Waals surface area contributed by atoms with Gasteiger partial charge in [-0.05, 0) is 24.6 Å². The third-order valence-corrected chi connectivity index (χ3v) is 3.29. The van der Waals surface area contributed by atoms with Crippen LogP contribution in [0.4, 0.5) is 0 Å². The summed E-state index contributed by atoms with van der Waals surface area (Å²) in [4.78, 5) is 0. The van der Waals surface area contributed by atoms with E-state index in [9.17, 15) is 15.3 Å². The minimum atomic E-state index is -1.22. The van der Waals surface area contributed by atoms with Crippen LogP contribution in [0.3, 0.4) is 0 Å². The fourth-order valence-corrected chi connectivity index (χ4v) is 2.13. The Labute approximate surface area is 128 Å². The van der Waals surface area contributed by atoms with Gasteiger partial charge in [0.25, 0.3) is 5.95 Å². The second-order valence-corrected chi connectivity index (χ2v) is 4.91. The van der Waals surface area contributed by atoms with Crippen molar-refractivity contribution >= 4 is 0 Å². The Bertz CT molecular complexity index is 530. The highest BCUT2D eigenvalue weighted by Gasteiger charge is 2.33. The standard InChI is InChI=1S/C15H20O7/c1-8-4-10(19-2)15(11(5-8)20-3)22-13-6-9(17)14(18)12(7-16)21-13/h4-6,9,12,14,16-18H,7H2,1-3H3. The Kier molecular flexibility index (Phi) is 5.12. The number of aryl methyl sites for hydroxylation is 1. The lowest BCUT2D eigenvalue weighted by atomic mass is 10.1. The summed E-state index contributed by atoms with van der Waals surface area (Å²) < 4.78 is 21.5. The average Bonchev–Trinajstić information content (AvgIpc) is 2.51. The van der Waals surface area contributed by atoms with Crippen LogP contribution in [0.5, 0.6) is 17.2 Å². The summed E-state index contributed by atoms with van der Waals surface area (Å²) in [6, 6.07) is 3.52. The van der Waals surface area contributed by atoms with Crippen LogP contribution in [0.2, 0.25) is 0 Å². The molecule has 1 heterocycles. The monoisotopic (exact) mass is 312 g/mol. The van der Waals surface area contributed by atoms with E-state index in [0.29, 0.717) is 11.5 Å². The molecule has 2 rings (SSSR count). The molecule has 0 fully saturated rings. The molecule has 1 aliphatic rings. The molecule has 0 spiro atoms. The molecule has 7 heteroatoms. The maximum absolute atomic E-state index is 9.76. The van der Waals surface area contributed by atoms with Crippen molar-refractivity contribution in [3.63, 3.8) is 0 Å². The van der Waals surface area contributed by atoms with Crippen LogP contribution >= 0.6 is 0 Å². The predicted molar refractivity (Wildman–Crippen MR) is 77.0 cm³/mol. The SMILES string of the molecule is COc1cc(C)cc(OC)c1OC1=CC(O)C(O)C(CO)O1. The smallest absolute Gasteiger partial charge is 0.283 e. The highest BCUT2D eigenvalue weighted by atomic mass is 16.7. The molecule has 1 aromatic carbocycles. The lowest BCUT2D eigenvalue weighted by Gasteiger charge is -2.30. The van der Waals surface area contributed by atoms with Crippen LogP contribution in [-0.2, 0) is 4.74 Å². The van der Waals surface area contributed by atoms with Crippen LogP contribution < -0.4 is 14.2 Å². The number of methoxy groups -OCH3 is 2. The molecular formula is C15H20O7. The van der Waals surface area contributed by atoms with Crippen molar-refractivity contribution in [1.82, 2.24) is 0 Å². The minimum Gasteiger partial charge on any atom is -0.493 e. The van der Waals surface area contributed by atoms with E-state index in [1.165, 1.54) is 20.3 Å². The molecule has 0 aromatic heterocycles. The second kappa shape index (κ2) is 6.87. The van der Waals surface area contributed by atoms with Crippen molar-refractivity contribution in [2.24, 2.45) is 0 Å². The Hall–Kier alpha value is -1.96. The van der Waals surface area contributed by atoms with E-state index < -0.39 is 24.9 Å². The van der Waals surface area contributed by atoms with Crippen molar-refractivity contribution in [3.8, 4) is 17.2 Å². The Morgan fingerprint density at radius 3 is 2.23 bits per heavy atom. The van der Waals surface area contributed by atoms with Crippen molar-refractivity contribution < 1.29 is 34.3 Å². The summed E-state index contributed by atoms with van der Waals surface area (Å²) >= 11 is 0. The van der Waals surface area contributed by atoms with E-state index in [1.807, 2.05) is 6.92 Å². The van der Waals surface area contributed by atoms with Crippen molar-refractivity contribution in [2.45, 2.75) is 25.2 Å². The maximum Gasteiger partial charge on any atom is 0.283 e. The third kappa shape index (κ3) is 3.27. The summed E-state index contributed by atoms with van der Waals surface area (Å²) in [5, 5.41) is 28.6. The molecule has 0 saturated heterocycles. The topological polar surface area (TPSA) is 97.6 Å². The number of hydrogen-bond donors (Lipinski definition) is 3. The van der Waals surface area contributed by atoms with Gasteiger partial charge in [-0.3, -0.25) is 0 Å². The van der Waals surface area contributed by atoms with Crippen LogP contribution in [0.25, 0.3) is 0 Å². The van der Waals surface area contributed by atoms with Gasteiger partial charge in [-0.1, -0.05) is 0 Å². The number of ether oxygens (including phenoxy) is 4. The summed E-state index contributed by atoms with van der Waals surface area (Å²) in [5.41, 5.74) is 0.920. The lowest BCUT2D eigenvalue weighted by molar-refractivity contribution is -0.113. The molecule has 0 aliphatic carbocycles. The zero-order chi connectivity index (χ0) is 16.3. The number of benzene rings is 1. The zero-order valence-electron chi connectivity index (χ0n) is 12.6. The van der Waals surface area contributed by atoms with E-state index in [0.717, 1.165) is 5.56 Å². The van der Waals surface area contributed by atoms with Gasteiger partial charge in [0.05, 0.1) is 20.8 Å². The fourth-order valence-electron chi connectivity index (χ4n) is 2.13. The number of hydrogen-bond acceptors (Lipinski definition) is 7. The summed E-state index contributed by atoms with van der Waals surface area (Å²) in [7, 11) is 2.98. The van der Waals surface area contributed by atoms with Crippen molar-refractivity contribution in [2.75, 3.05) is 20.8 Å². The van der Waals surface area contributed by atoms with E-state index in [1.54, 1.807) is 12.1 Å². The van der Waals surface area contributed by atoms with Crippen LogP contribution in [0.1, 0.15) is 5.56 Å². The number of aliphatic hydroxyl groups is 3. The molecule has 3 atom stereocenters. The summed E-state index contributed by atoms with van der Waals surface area (Å²) in [6.45, 7) is 1.42. The molecule has 3 N–H and O–H groups in total. The first kappa shape index (κ1) is 16.4. The maximum atomic E-state index is 9.76. The largest absolute Gasteiger partial charge is 0.493 e. The molecule has 1 aromatic rings. The fraction of sp³-hybridized carbons (Fsp3) is 0.467. The quantitative estimate of drug-likeness (QED) is 0.721. The molecule has 0 bridgehead atoms. The van der Waals surface area contributed by atoms with E-state index >= 15 is 0 Å². The molecule has 122 valence electrons. The summed E-state index contributed by atoms with van der Waals surface area (Å²) in [5.74, 6) is 1.10. The van der Waals surface area contributed by atoms with Gasteiger partial charge >= 0.3 is 0 Å². The first-order chi connectivity index (χ1) is 10.5. The van der Waals surface area contributed by atoms with Crippen molar-refractivity contribution in [1.29, 1.82) is 0 Å². The number of aliphatic hydroxyl groups excluding tert-OH is 3. The van der Waals surface area contributed by atoms with Gasteiger partial charge in [-0.25, -0.2) is 0 Å². The van der Waals surface area contributed by atoms with Gasteiger partial charge in [0.1, 0.15) is 12.2 Å². The third-order valence-electron chi connectivity index (χ3n) is 3.29. The Balaban J connectivity index is 2.32. The number of rotatable bonds is 5. The zero-order valence-corrected chi connectivity index (χ0v) is 12.6. The second-order valence-electron chi connectivity index (χ2n) is 4.91. The molecular weight excluding hydrogens is 292 g/mol. The minimum absolute atomic E-state index is 0.0442. The molecule has 0 radical (unpaired) electrons. The van der Waals surface area contributed by atoms with Gasteiger partial charge in [0.15, 0.2) is 17.6 Å². The predicted octanol–water partition coefficient (Wildman–Crippen LogP) is 0.345. The summed E-state index contributed by atoms with van der Waals surface area (Å²) in [6.07, 6.45) is -2.19. The Morgan fingerprint density at radius 1 is 1.14 bits per heavy atom. The highest BCUT2D eigenvalue weighted by molar-refractivity contribution is 5.54. The van der Waals surface area contributed by atoms with Gasteiger partial charge in [0.2, 0.25) is 5.75 Å². The van der Waals surface area contributed by atoms with Crippen molar-refractivity contribution in [3.05, 3.63) is 29.7 Å². The van der Waals surface area contributed by atoms with E-state index in [4.69, 9.17) is 18.9 Å². The van der Waals surface area contributed by atoms with Gasteiger partial charge < -0.3 is 34.3 Å². The van der Waals surface area contributed by atoms with Crippen LogP contribution in [-0.4, -0.2) is 54.5 Å². The lowest BCUT2D eigenvalue weighted by Crippen LogP contribution is -2.44. The molecule has 7 nitrogen and oxygen atoms in total. The van der Waals surface area contributed by atoms with Crippen LogP contribution in [0.15, 0.2) is 24.2 Å². The molecule has 0 amide bonds. The van der Waals surface area contributed by atoms with Crippen LogP contribution in [0, 0.1) is 6.92 Å². The van der Waals surface area contributed by atoms with Gasteiger partial charge in [-0.15, -0.1) is 0 Å². The molecule has 0 saturated carbocycles.